The summed E-state index contributed by atoms with van der Waals surface area (Å²) < 4.78 is 0. The molecule has 0 fully saturated rings. The van der Waals surface area contributed by atoms with Gasteiger partial charge in [0.25, 0.3) is 0 Å². The summed E-state index contributed by atoms with van der Waals surface area (Å²) in [5.41, 5.74) is 2.32. The molecule has 2 heterocycles. The van der Waals surface area contributed by atoms with E-state index in [2.05, 4.69) is 22.9 Å². The monoisotopic (exact) mass is 164 g/mol. The molecule has 0 spiro atoms. The molecular formula is C8H4S2. The number of hydrogen-bond acceptors (Lipinski definition) is 2. The quantitative estimate of drug-likeness (QED) is 0.607. The second-order valence-electron chi connectivity index (χ2n) is 1.87. The fourth-order valence-electron chi connectivity index (χ4n) is 0.757. The van der Waals surface area contributed by atoms with Gasteiger partial charge in [-0.25, -0.2) is 0 Å². The fourth-order valence-corrected chi connectivity index (χ4v) is 1.91. The Morgan fingerprint density at radius 1 is 0.900 bits per heavy atom. The summed E-state index contributed by atoms with van der Waals surface area (Å²) in [7, 11) is 0. The van der Waals surface area contributed by atoms with Crippen molar-refractivity contribution in [3.63, 3.8) is 0 Å². The van der Waals surface area contributed by atoms with Crippen LogP contribution < -0.4 is 0 Å². The molecule has 0 atom stereocenters. The van der Waals surface area contributed by atoms with Gasteiger partial charge in [-0.15, -0.1) is 22.7 Å². The third kappa shape index (κ3) is 1.00. The lowest BCUT2D eigenvalue weighted by Gasteiger charge is -1.84. The molecule has 0 N–H and O–H groups in total. The van der Waals surface area contributed by atoms with Gasteiger partial charge >= 0.3 is 0 Å². The zero-order chi connectivity index (χ0) is 6.81. The van der Waals surface area contributed by atoms with Crippen LogP contribution in [-0.2, 0) is 0 Å². The summed E-state index contributed by atoms with van der Waals surface area (Å²) in [6.45, 7) is 0. The first-order chi connectivity index (χ1) is 4.97. The Morgan fingerprint density at radius 2 is 1.40 bits per heavy atom. The Bertz CT molecular complexity index is 247. The van der Waals surface area contributed by atoms with E-state index in [1.54, 1.807) is 22.7 Å². The van der Waals surface area contributed by atoms with Gasteiger partial charge in [0.15, 0.2) is 0 Å². The standard InChI is InChI=1S/C8H4S2/c1-3-9-5-7(1)8-2-4-10-6-8/h1-4H. The normalized spacial score (nSPS) is 10.0. The van der Waals surface area contributed by atoms with Gasteiger partial charge in [-0.2, -0.15) is 0 Å². The van der Waals surface area contributed by atoms with Gasteiger partial charge in [-0.3, -0.25) is 0 Å². The van der Waals surface area contributed by atoms with Crippen molar-refractivity contribution < 1.29 is 0 Å². The molecule has 2 rings (SSSR count). The minimum atomic E-state index is 1.16. The van der Waals surface area contributed by atoms with Crippen LogP contribution in [0.5, 0.6) is 0 Å². The van der Waals surface area contributed by atoms with Crippen molar-refractivity contribution in [3.05, 3.63) is 33.7 Å². The Morgan fingerprint density at radius 3 is 1.70 bits per heavy atom. The van der Waals surface area contributed by atoms with Gasteiger partial charge in [-0.05, 0) is 22.9 Å². The van der Waals surface area contributed by atoms with Crippen LogP contribution in [0.4, 0.5) is 0 Å². The van der Waals surface area contributed by atoms with Gasteiger partial charge in [0.2, 0.25) is 0 Å². The Hall–Kier alpha value is -0.600. The van der Waals surface area contributed by atoms with E-state index in [9.17, 15) is 0 Å². The Labute approximate surface area is 67.8 Å². The van der Waals surface area contributed by atoms with Crippen molar-refractivity contribution in [2.75, 3.05) is 0 Å². The molecule has 0 saturated carbocycles. The molecule has 0 aliphatic rings. The predicted octanol–water partition coefficient (Wildman–Crippen LogP) is 3.08. The highest BCUT2D eigenvalue weighted by molar-refractivity contribution is 7.08. The largest absolute Gasteiger partial charge is 0.142 e. The van der Waals surface area contributed by atoms with Crippen molar-refractivity contribution in [2.24, 2.45) is 0 Å². The molecule has 0 saturated heterocycles. The third-order valence-electron chi connectivity index (χ3n) is 1.23. The molecular weight excluding hydrogens is 160 g/mol. The summed E-state index contributed by atoms with van der Waals surface area (Å²) in [4.78, 5) is 0. The molecule has 2 radical (unpaired) electrons. The summed E-state index contributed by atoms with van der Waals surface area (Å²) in [5.74, 6) is 0. The van der Waals surface area contributed by atoms with E-state index in [-0.39, 0.29) is 0 Å². The summed E-state index contributed by atoms with van der Waals surface area (Å²) in [6, 6.07) is 4.12. The van der Waals surface area contributed by atoms with Crippen molar-refractivity contribution >= 4 is 22.7 Å². The summed E-state index contributed by atoms with van der Waals surface area (Å²) >= 11 is 3.19. The summed E-state index contributed by atoms with van der Waals surface area (Å²) in [5, 5.41) is 10.4. The lowest BCUT2D eigenvalue weighted by Crippen LogP contribution is -1.62. The highest BCUT2D eigenvalue weighted by Crippen LogP contribution is 2.22. The van der Waals surface area contributed by atoms with Crippen LogP contribution in [0.2, 0.25) is 0 Å². The van der Waals surface area contributed by atoms with Gasteiger partial charge < -0.3 is 0 Å². The van der Waals surface area contributed by atoms with Crippen LogP contribution in [0.15, 0.2) is 22.9 Å². The molecule has 0 aliphatic heterocycles. The van der Waals surface area contributed by atoms with E-state index in [1.807, 2.05) is 10.8 Å². The number of rotatable bonds is 1. The zero-order valence-electron chi connectivity index (χ0n) is 5.13. The Balaban J connectivity index is 2.48. The minimum Gasteiger partial charge on any atom is -0.142 e. The third-order valence-corrected chi connectivity index (χ3v) is 2.45. The topological polar surface area (TPSA) is 0 Å². The van der Waals surface area contributed by atoms with Crippen LogP contribution >= 0.6 is 22.7 Å². The van der Waals surface area contributed by atoms with Crippen LogP contribution in [0.3, 0.4) is 0 Å². The van der Waals surface area contributed by atoms with Crippen LogP contribution in [0.25, 0.3) is 11.1 Å². The molecule has 0 nitrogen and oxygen atoms in total. The van der Waals surface area contributed by atoms with Gasteiger partial charge in [-0.1, -0.05) is 0 Å². The second-order valence-corrected chi connectivity index (χ2v) is 3.30. The predicted molar refractivity (Wildman–Crippen MR) is 45.3 cm³/mol. The first-order valence-electron chi connectivity index (χ1n) is 2.87. The molecule has 0 aromatic carbocycles. The van der Waals surface area contributed by atoms with Crippen LogP contribution in [0, 0.1) is 10.8 Å². The van der Waals surface area contributed by atoms with Crippen molar-refractivity contribution in [1.29, 1.82) is 0 Å². The lowest BCUT2D eigenvalue weighted by atomic mass is 10.2. The van der Waals surface area contributed by atoms with Crippen molar-refractivity contribution in [3.8, 4) is 11.1 Å². The number of thiophene rings is 2. The molecule has 2 aromatic rings. The van der Waals surface area contributed by atoms with E-state index >= 15 is 0 Å². The summed E-state index contributed by atoms with van der Waals surface area (Å²) in [6.07, 6.45) is 0. The maximum absolute atomic E-state index is 3.16. The first-order valence-corrected chi connectivity index (χ1v) is 4.63. The SMILES string of the molecule is [c]1sccc1-c1[c]scc1. The number of hydrogen-bond donors (Lipinski definition) is 0. The molecule has 0 bridgehead atoms. The van der Waals surface area contributed by atoms with E-state index in [0.717, 1.165) is 11.1 Å². The average Bonchev–Trinajstić information content (AvgIpc) is 2.59. The van der Waals surface area contributed by atoms with E-state index < -0.39 is 0 Å². The maximum Gasteiger partial charge on any atom is 0.0527 e. The molecule has 2 heteroatoms. The van der Waals surface area contributed by atoms with Gasteiger partial charge in [0.05, 0.1) is 10.8 Å². The molecule has 0 unspecified atom stereocenters. The first kappa shape index (κ1) is 6.13. The van der Waals surface area contributed by atoms with Gasteiger partial charge in [0.1, 0.15) is 0 Å². The van der Waals surface area contributed by atoms with Crippen LogP contribution in [0.1, 0.15) is 0 Å². The van der Waals surface area contributed by atoms with Crippen molar-refractivity contribution in [2.45, 2.75) is 0 Å². The van der Waals surface area contributed by atoms with Gasteiger partial charge in [0, 0.05) is 11.1 Å². The smallest absolute Gasteiger partial charge is 0.0527 e. The second kappa shape index (κ2) is 2.56. The van der Waals surface area contributed by atoms with Crippen molar-refractivity contribution in [1.82, 2.24) is 0 Å². The zero-order valence-corrected chi connectivity index (χ0v) is 6.76. The average molecular weight is 164 g/mol. The fraction of sp³-hybridized carbons (Fsp3) is 0. The van der Waals surface area contributed by atoms with E-state index in [1.165, 1.54) is 0 Å². The minimum absolute atomic E-state index is 1.16. The molecule has 2 aromatic heterocycles. The maximum atomic E-state index is 3.16. The molecule has 48 valence electrons. The molecule has 10 heavy (non-hydrogen) atoms. The Kier molecular flexibility index (Phi) is 1.57. The molecule has 0 aliphatic carbocycles. The van der Waals surface area contributed by atoms with E-state index in [4.69, 9.17) is 0 Å². The molecule has 0 amide bonds. The van der Waals surface area contributed by atoms with E-state index in [0.29, 0.717) is 0 Å². The lowest BCUT2D eigenvalue weighted by molar-refractivity contribution is 1.82. The van der Waals surface area contributed by atoms with Crippen LogP contribution in [-0.4, -0.2) is 0 Å². The highest BCUT2D eigenvalue weighted by Gasteiger charge is 1.96. The highest BCUT2D eigenvalue weighted by atomic mass is 32.1.